The molecule has 0 spiro atoms. The van der Waals surface area contributed by atoms with Crippen LogP contribution in [0.2, 0.25) is 0 Å². The van der Waals surface area contributed by atoms with Crippen LogP contribution in [0.15, 0.2) is 36.4 Å². The molecule has 1 aromatic heterocycles. The van der Waals surface area contributed by atoms with Gasteiger partial charge in [0.2, 0.25) is 5.95 Å². The molecule has 2 aliphatic heterocycles. The van der Waals surface area contributed by atoms with Gasteiger partial charge in [0.1, 0.15) is 11.6 Å². The second kappa shape index (κ2) is 10.5. The highest BCUT2D eigenvalue weighted by atomic mass is 32.1. The molecule has 0 saturated carbocycles. The summed E-state index contributed by atoms with van der Waals surface area (Å²) in [6, 6.07) is 13.1. The molecule has 3 unspecified atom stereocenters. The molecular formula is C25H36N6S. The van der Waals surface area contributed by atoms with E-state index in [9.17, 15) is 0 Å². The Morgan fingerprint density at radius 1 is 1.03 bits per heavy atom. The number of aromatic nitrogens is 2. The average molecular weight is 453 g/mol. The molecule has 2 saturated heterocycles. The molecule has 4 rings (SSSR count). The van der Waals surface area contributed by atoms with E-state index >= 15 is 0 Å². The smallest absolute Gasteiger partial charge is 0.232 e. The summed E-state index contributed by atoms with van der Waals surface area (Å²) in [5.74, 6) is 3.26. The van der Waals surface area contributed by atoms with Crippen molar-refractivity contribution in [2.45, 2.75) is 65.0 Å². The Morgan fingerprint density at radius 2 is 1.81 bits per heavy atom. The fourth-order valence-electron chi connectivity index (χ4n) is 4.78. The minimum atomic E-state index is 0.101. The minimum absolute atomic E-state index is 0.101. The molecule has 0 aliphatic carbocycles. The standard InChI is InChI=1S/C25H36N6S/c1-18-10-9-14-30(17-18)22-16-23(31-15-8-7-11-19(31)2)28-24(27-22)29-25(32)26-20(3)21-12-5-4-6-13-21/h4-6,12-13,16,18-20H,7-11,14-15,17H2,1-3H3,(H2,26,27,28,29,32). The van der Waals surface area contributed by atoms with E-state index in [0.717, 1.165) is 31.3 Å². The zero-order valence-electron chi connectivity index (χ0n) is 19.6. The highest BCUT2D eigenvalue weighted by Gasteiger charge is 2.24. The first-order valence-electron chi connectivity index (χ1n) is 12.0. The number of hydrogen-bond acceptors (Lipinski definition) is 5. The van der Waals surface area contributed by atoms with Crippen LogP contribution in [0.4, 0.5) is 17.6 Å². The lowest BCUT2D eigenvalue weighted by Gasteiger charge is -2.36. The lowest BCUT2D eigenvalue weighted by atomic mass is 10.0. The normalized spacial score (nSPS) is 22.3. The van der Waals surface area contributed by atoms with Crippen LogP contribution >= 0.6 is 12.2 Å². The van der Waals surface area contributed by atoms with Crippen molar-refractivity contribution < 1.29 is 0 Å². The molecule has 3 atom stereocenters. The van der Waals surface area contributed by atoms with E-state index in [1.54, 1.807) is 0 Å². The Kier molecular flexibility index (Phi) is 7.45. The molecule has 2 N–H and O–H groups in total. The fourth-order valence-corrected chi connectivity index (χ4v) is 5.05. The Morgan fingerprint density at radius 3 is 2.56 bits per heavy atom. The van der Waals surface area contributed by atoms with E-state index in [4.69, 9.17) is 22.2 Å². The maximum atomic E-state index is 5.62. The van der Waals surface area contributed by atoms with Gasteiger partial charge in [-0.15, -0.1) is 0 Å². The number of nitrogens with zero attached hydrogens (tertiary/aromatic N) is 4. The summed E-state index contributed by atoms with van der Waals surface area (Å²) < 4.78 is 0. The van der Waals surface area contributed by atoms with Crippen molar-refractivity contribution in [1.29, 1.82) is 0 Å². The summed E-state index contributed by atoms with van der Waals surface area (Å²) in [7, 11) is 0. The molecule has 2 aliphatic rings. The van der Waals surface area contributed by atoms with Crippen LogP contribution in [0.5, 0.6) is 0 Å². The SMILES string of the molecule is CC1CCCN(c2cc(N3CCCCC3C)nc(NC(=S)NC(C)c3ccccc3)n2)C1. The zero-order valence-corrected chi connectivity index (χ0v) is 20.4. The lowest BCUT2D eigenvalue weighted by molar-refractivity contribution is 0.444. The molecule has 32 heavy (non-hydrogen) atoms. The number of rotatable bonds is 5. The number of hydrogen-bond donors (Lipinski definition) is 2. The van der Waals surface area contributed by atoms with Gasteiger partial charge in [0, 0.05) is 31.7 Å². The van der Waals surface area contributed by atoms with E-state index in [0.29, 0.717) is 23.0 Å². The van der Waals surface area contributed by atoms with E-state index in [2.05, 4.69) is 59.4 Å². The van der Waals surface area contributed by atoms with Gasteiger partial charge < -0.3 is 20.4 Å². The molecule has 2 fully saturated rings. The van der Waals surface area contributed by atoms with Crippen molar-refractivity contribution >= 4 is 34.9 Å². The van der Waals surface area contributed by atoms with Crippen LogP contribution in [0.1, 0.15) is 64.5 Å². The first-order valence-corrected chi connectivity index (χ1v) is 12.4. The highest BCUT2D eigenvalue weighted by Crippen LogP contribution is 2.29. The number of anilines is 3. The average Bonchev–Trinajstić information content (AvgIpc) is 2.79. The maximum absolute atomic E-state index is 5.62. The third-order valence-electron chi connectivity index (χ3n) is 6.65. The van der Waals surface area contributed by atoms with Crippen molar-refractivity contribution in [3.63, 3.8) is 0 Å². The largest absolute Gasteiger partial charge is 0.356 e. The monoisotopic (exact) mass is 452 g/mol. The van der Waals surface area contributed by atoms with Crippen LogP contribution < -0.4 is 20.4 Å². The number of benzene rings is 1. The van der Waals surface area contributed by atoms with Gasteiger partial charge in [-0.05, 0) is 69.7 Å². The molecule has 0 amide bonds. The van der Waals surface area contributed by atoms with E-state index < -0.39 is 0 Å². The predicted molar refractivity (Wildman–Crippen MR) is 138 cm³/mol. The van der Waals surface area contributed by atoms with Crippen molar-refractivity contribution in [2.75, 3.05) is 34.8 Å². The second-order valence-electron chi connectivity index (χ2n) is 9.37. The van der Waals surface area contributed by atoms with Gasteiger partial charge in [-0.2, -0.15) is 9.97 Å². The van der Waals surface area contributed by atoms with Crippen LogP contribution in [-0.4, -0.2) is 40.8 Å². The van der Waals surface area contributed by atoms with Crippen molar-refractivity contribution in [1.82, 2.24) is 15.3 Å². The predicted octanol–water partition coefficient (Wildman–Crippen LogP) is 5.14. The van der Waals surface area contributed by atoms with Crippen LogP contribution in [-0.2, 0) is 0 Å². The topological polar surface area (TPSA) is 56.3 Å². The third-order valence-corrected chi connectivity index (χ3v) is 6.87. The molecule has 2 aromatic rings. The van der Waals surface area contributed by atoms with Gasteiger partial charge >= 0.3 is 0 Å². The highest BCUT2D eigenvalue weighted by molar-refractivity contribution is 7.80. The van der Waals surface area contributed by atoms with Gasteiger partial charge in [-0.3, -0.25) is 0 Å². The molecule has 1 aromatic carbocycles. The van der Waals surface area contributed by atoms with Crippen molar-refractivity contribution in [2.24, 2.45) is 5.92 Å². The van der Waals surface area contributed by atoms with Gasteiger partial charge in [-0.1, -0.05) is 37.3 Å². The summed E-state index contributed by atoms with van der Waals surface area (Å²) >= 11 is 5.62. The molecule has 3 heterocycles. The molecule has 0 bridgehead atoms. The van der Waals surface area contributed by atoms with Crippen LogP contribution in [0.3, 0.4) is 0 Å². The Hall–Kier alpha value is -2.41. The van der Waals surface area contributed by atoms with E-state index in [1.807, 2.05) is 18.2 Å². The van der Waals surface area contributed by atoms with Gasteiger partial charge in [0.15, 0.2) is 5.11 Å². The number of thiocarbonyl (C=S) groups is 1. The maximum Gasteiger partial charge on any atom is 0.232 e. The second-order valence-corrected chi connectivity index (χ2v) is 9.78. The number of piperidine rings is 2. The molecular weight excluding hydrogens is 416 g/mol. The molecule has 0 radical (unpaired) electrons. The lowest BCUT2D eigenvalue weighted by Crippen LogP contribution is -2.39. The molecule has 6 nitrogen and oxygen atoms in total. The van der Waals surface area contributed by atoms with Crippen molar-refractivity contribution in [3.8, 4) is 0 Å². The van der Waals surface area contributed by atoms with Crippen molar-refractivity contribution in [3.05, 3.63) is 42.0 Å². The summed E-state index contributed by atoms with van der Waals surface area (Å²) in [5.41, 5.74) is 1.19. The molecule has 172 valence electrons. The summed E-state index contributed by atoms with van der Waals surface area (Å²) in [4.78, 5) is 14.6. The van der Waals surface area contributed by atoms with Gasteiger partial charge in [0.25, 0.3) is 0 Å². The first-order chi connectivity index (χ1) is 15.5. The first kappa shape index (κ1) is 22.8. The third kappa shape index (κ3) is 5.68. The summed E-state index contributed by atoms with van der Waals surface area (Å²) in [5, 5.41) is 7.19. The van der Waals surface area contributed by atoms with Crippen LogP contribution in [0.25, 0.3) is 0 Å². The fraction of sp³-hybridized carbons (Fsp3) is 0.560. The Labute approximate surface area is 197 Å². The summed E-state index contributed by atoms with van der Waals surface area (Å²) in [6.07, 6.45) is 6.20. The number of nitrogens with one attached hydrogen (secondary N) is 2. The van der Waals surface area contributed by atoms with Crippen LogP contribution in [0, 0.1) is 5.92 Å². The minimum Gasteiger partial charge on any atom is -0.356 e. The zero-order chi connectivity index (χ0) is 22.5. The quantitative estimate of drug-likeness (QED) is 0.609. The Balaban J connectivity index is 1.55. The summed E-state index contributed by atoms with van der Waals surface area (Å²) in [6.45, 7) is 9.86. The Bertz CT molecular complexity index is 905. The van der Waals surface area contributed by atoms with E-state index in [-0.39, 0.29) is 6.04 Å². The molecule has 7 heteroatoms. The van der Waals surface area contributed by atoms with E-state index in [1.165, 1.54) is 37.7 Å². The van der Waals surface area contributed by atoms with Gasteiger partial charge in [-0.25, -0.2) is 0 Å². The van der Waals surface area contributed by atoms with Gasteiger partial charge in [0.05, 0.1) is 6.04 Å².